The van der Waals surface area contributed by atoms with Gasteiger partial charge in [0, 0.05) is 37.0 Å². The molecule has 1 aromatic heterocycles. The molecule has 2 heterocycles. The summed E-state index contributed by atoms with van der Waals surface area (Å²) >= 11 is 0. The number of carbonyl (C=O) groups is 1. The molecule has 0 radical (unpaired) electrons. The molecule has 1 aromatic carbocycles. The second kappa shape index (κ2) is 8.20. The number of hydrogen-bond donors (Lipinski definition) is 2. The highest BCUT2D eigenvalue weighted by molar-refractivity contribution is 7.89. The van der Waals surface area contributed by atoms with Gasteiger partial charge in [-0.05, 0) is 56.7 Å². The molecular formula is C21H25N5O3S. The molecule has 8 nitrogen and oxygen atoms in total. The Hall–Kier alpha value is -2.70. The zero-order chi connectivity index (χ0) is 21.2. The van der Waals surface area contributed by atoms with Crippen LogP contribution in [0, 0.1) is 11.3 Å². The van der Waals surface area contributed by atoms with Crippen LogP contribution in [0.3, 0.4) is 0 Å². The van der Waals surface area contributed by atoms with Gasteiger partial charge in [-0.1, -0.05) is 6.07 Å². The highest BCUT2D eigenvalue weighted by Gasteiger charge is 2.36. The first-order valence-corrected chi connectivity index (χ1v) is 11.7. The Balaban J connectivity index is 1.47. The van der Waals surface area contributed by atoms with E-state index in [1.165, 1.54) is 16.4 Å². The maximum Gasteiger partial charge on any atom is 0.252 e. The van der Waals surface area contributed by atoms with Crippen LogP contribution in [0.1, 0.15) is 60.6 Å². The van der Waals surface area contributed by atoms with Crippen molar-refractivity contribution in [3.8, 4) is 6.07 Å². The van der Waals surface area contributed by atoms with E-state index >= 15 is 0 Å². The molecule has 158 valence electrons. The van der Waals surface area contributed by atoms with Crippen LogP contribution in [0.2, 0.25) is 0 Å². The number of carbonyl (C=O) groups excluding carboxylic acids is 1. The summed E-state index contributed by atoms with van der Waals surface area (Å²) in [4.78, 5) is 20.2. The number of imidazole rings is 1. The van der Waals surface area contributed by atoms with E-state index in [4.69, 9.17) is 0 Å². The molecule has 2 aromatic rings. The zero-order valence-electron chi connectivity index (χ0n) is 16.7. The van der Waals surface area contributed by atoms with Crippen LogP contribution in [0.15, 0.2) is 41.6 Å². The summed E-state index contributed by atoms with van der Waals surface area (Å²) in [6.45, 7) is 0.809. The number of aromatic amines is 1. The molecule has 0 spiro atoms. The van der Waals surface area contributed by atoms with Gasteiger partial charge in [0.05, 0.1) is 11.0 Å². The molecular weight excluding hydrogens is 402 g/mol. The number of hydrogen-bond acceptors (Lipinski definition) is 5. The monoisotopic (exact) mass is 427 g/mol. The highest BCUT2D eigenvalue weighted by Crippen LogP contribution is 2.31. The molecule has 1 saturated heterocycles. The first-order chi connectivity index (χ1) is 14.4. The fourth-order valence-corrected chi connectivity index (χ4v) is 5.87. The summed E-state index contributed by atoms with van der Waals surface area (Å²) in [6, 6.07) is 8.30. The molecule has 2 N–H and O–H groups in total. The van der Waals surface area contributed by atoms with Crippen molar-refractivity contribution in [1.29, 1.82) is 5.26 Å². The maximum absolute atomic E-state index is 13.1. The largest absolute Gasteiger partial charge is 0.348 e. The van der Waals surface area contributed by atoms with Crippen molar-refractivity contribution in [2.75, 3.05) is 13.1 Å². The third kappa shape index (κ3) is 3.98. The summed E-state index contributed by atoms with van der Waals surface area (Å²) < 4.78 is 27.7. The van der Waals surface area contributed by atoms with Gasteiger partial charge in [-0.3, -0.25) is 4.79 Å². The van der Waals surface area contributed by atoms with Crippen molar-refractivity contribution in [2.45, 2.75) is 54.9 Å². The van der Waals surface area contributed by atoms with Crippen LogP contribution in [0.25, 0.3) is 0 Å². The molecule has 1 aliphatic carbocycles. The number of aromatic nitrogens is 2. The molecule has 1 aliphatic heterocycles. The van der Waals surface area contributed by atoms with Crippen molar-refractivity contribution < 1.29 is 13.2 Å². The van der Waals surface area contributed by atoms with Crippen molar-refractivity contribution in [3.63, 3.8) is 0 Å². The Morgan fingerprint density at radius 1 is 1.27 bits per heavy atom. The van der Waals surface area contributed by atoms with Crippen molar-refractivity contribution in [3.05, 3.63) is 48.0 Å². The second-order valence-electron chi connectivity index (χ2n) is 8.04. The van der Waals surface area contributed by atoms with Crippen LogP contribution >= 0.6 is 0 Å². The summed E-state index contributed by atoms with van der Waals surface area (Å²) in [6.07, 6.45) is 7.91. The Kier molecular flexibility index (Phi) is 5.62. The fraction of sp³-hybridized carbons (Fsp3) is 0.476. The molecule has 4 rings (SSSR count). The van der Waals surface area contributed by atoms with E-state index in [0.29, 0.717) is 38.8 Å². The van der Waals surface area contributed by atoms with Gasteiger partial charge < -0.3 is 10.3 Å². The third-order valence-corrected chi connectivity index (χ3v) is 8.01. The van der Waals surface area contributed by atoms with Gasteiger partial charge in [0.2, 0.25) is 10.0 Å². The smallest absolute Gasteiger partial charge is 0.252 e. The van der Waals surface area contributed by atoms with Crippen molar-refractivity contribution in [2.24, 2.45) is 0 Å². The van der Waals surface area contributed by atoms with Gasteiger partial charge >= 0.3 is 0 Å². The lowest BCUT2D eigenvalue weighted by molar-refractivity contribution is 0.0920. The third-order valence-electron chi connectivity index (χ3n) is 6.12. The van der Waals surface area contributed by atoms with E-state index in [9.17, 15) is 18.5 Å². The number of H-pyrrole nitrogens is 1. The number of nitrogens with one attached hydrogen (secondary N) is 2. The second-order valence-corrected chi connectivity index (χ2v) is 9.97. The molecule has 1 saturated carbocycles. The van der Waals surface area contributed by atoms with E-state index in [1.54, 1.807) is 24.5 Å². The molecule has 2 fully saturated rings. The lowest BCUT2D eigenvalue weighted by atomic mass is 9.98. The van der Waals surface area contributed by atoms with E-state index in [1.807, 2.05) is 0 Å². The molecule has 9 heteroatoms. The van der Waals surface area contributed by atoms with Crippen LogP contribution in [0.5, 0.6) is 0 Å². The Bertz CT molecular complexity index is 1040. The molecule has 30 heavy (non-hydrogen) atoms. The number of nitrogens with zero attached hydrogens (tertiary/aromatic N) is 3. The number of rotatable bonds is 5. The Labute approximate surface area is 176 Å². The Morgan fingerprint density at radius 2 is 2.00 bits per heavy atom. The summed E-state index contributed by atoms with van der Waals surface area (Å²) in [5.41, 5.74) is -0.595. The lowest BCUT2D eigenvalue weighted by Crippen LogP contribution is -2.45. The SMILES string of the molecule is N#CC1(NC(=O)c2cccc(S(=O)(=O)N3CCC(c4ncc[nH]4)CC3)c2)CCCC1. The fourth-order valence-electron chi connectivity index (χ4n) is 4.35. The average molecular weight is 428 g/mol. The van der Waals surface area contributed by atoms with Gasteiger partial charge in [0.15, 0.2) is 0 Å². The van der Waals surface area contributed by atoms with E-state index in [2.05, 4.69) is 21.4 Å². The quantitative estimate of drug-likeness (QED) is 0.760. The molecule has 2 aliphatic rings. The molecule has 1 amide bonds. The molecule has 0 unspecified atom stereocenters. The maximum atomic E-state index is 13.1. The van der Waals surface area contributed by atoms with E-state index in [0.717, 1.165) is 18.7 Å². The van der Waals surface area contributed by atoms with Crippen LogP contribution < -0.4 is 5.32 Å². The Morgan fingerprint density at radius 3 is 2.63 bits per heavy atom. The number of nitriles is 1. The number of benzene rings is 1. The van der Waals surface area contributed by atoms with Crippen LogP contribution in [-0.2, 0) is 10.0 Å². The predicted molar refractivity (Wildman–Crippen MR) is 110 cm³/mol. The minimum absolute atomic E-state index is 0.101. The summed E-state index contributed by atoms with van der Waals surface area (Å²) in [5.74, 6) is 0.702. The summed E-state index contributed by atoms with van der Waals surface area (Å²) in [5, 5.41) is 12.3. The lowest BCUT2D eigenvalue weighted by Gasteiger charge is -2.30. The van der Waals surface area contributed by atoms with Gasteiger partial charge in [-0.25, -0.2) is 13.4 Å². The number of sulfonamides is 1. The number of piperidine rings is 1. The first kappa shape index (κ1) is 20.6. The van der Waals surface area contributed by atoms with E-state index in [-0.39, 0.29) is 16.4 Å². The summed E-state index contributed by atoms with van der Waals surface area (Å²) in [7, 11) is -3.70. The zero-order valence-corrected chi connectivity index (χ0v) is 17.5. The normalized spacial score (nSPS) is 20.0. The molecule has 0 atom stereocenters. The topological polar surface area (TPSA) is 119 Å². The minimum atomic E-state index is -3.70. The number of amides is 1. The minimum Gasteiger partial charge on any atom is -0.348 e. The first-order valence-electron chi connectivity index (χ1n) is 10.3. The van der Waals surface area contributed by atoms with Crippen LogP contribution in [0.4, 0.5) is 0 Å². The predicted octanol–water partition coefficient (Wildman–Crippen LogP) is 2.54. The van der Waals surface area contributed by atoms with Gasteiger partial charge in [-0.2, -0.15) is 9.57 Å². The van der Waals surface area contributed by atoms with Gasteiger partial charge in [-0.15, -0.1) is 0 Å². The van der Waals surface area contributed by atoms with Crippen molar-refractivity contribution >= 4 is 15.9 Å². The van der Waals surface area contributed by atoms with Gasteiger partial charge in [0.25, 0.3) is 5.91 Å². The van der Waals surface area contributed by atoms with Crippen molar-refractivity contribution in [1.82, 2.24) is 19.6 Å². The standard InChI is InChI=1S/C21H25N5O3S/c22-15-21(8-1-2-9-21)25-20(27)17-4-3-5-18(14-17)30(28,29)26-12-6-16(7-13-26)19-23-10-11-24-19/h3-5,10-11,14,16H,1-2,6-9,12-13H2,(H,23,24)(H,25,27). The van der Waals surface area contributed by atoms with Gasteiger partial charge in [0.1, 0.15) is 11.4 Å². The van der Waals surface area contributed by atoms with E-state index < -0.39 is 21.5 Å². The highest BCUT2D eigenvalue weighted by atomic mass is 32.2. The van der Waals surface area contributed by atoms with Crippen LogP contribution in [-0.4, -0.2) is 47.2 Å². The average Bonchev–Trinajstić information content (AvgIpc) is 3.47. The molecule has 0 bridgehead atoms.